The van der Waals surface area contributed by atoms with Gasteiger partial charge >= 0.3 is 0 Å². The first-order valence-electron chi connectivity index (χ1n) is 12.0. The molecule has 1 aliphatic rings. The van der Waals surface area contributed by atoms with Crippen LogP contribution in [0.1, 0.15) is 65.9 Å². The molecule has 0 radical (unpaired) electrons. The van der Waals surface area contributed by atoms with Crippen LogP contribution in [0.15, 0.2) is 36.4 Å². The van der Waals surface area contributed by atoms with E-state index in [0.29, 0.717) is 13.2 Å². The van der Waals surface area contributed by atoms with E-state index in [0.717, 1.165) is 43.2 Å². The summed E-state index contributed by atoms with van der Waals surface area (Å²) in [5.41, 5.74) is 3.25. The summed E-state index contributed by atoms with van der Waals surface area (Å²) in [6.45, 7) is 16.0. The van der Waals surface area contributed by atoms with E-state index in [1.54, 1.807) is 7.05 Å². The van der Waals surface area contributed by atoms with Crippen molar-refractivity contribution in [3.05, 3.63) is 42.0 Å². The number of aldehydes is 1. The molecule has 2 rings (SSSR count). The summed E-state index contributed by atoms with van der Waals surface area (Å²) in [7, 11) is 3.75. The number of likely N-dealkylation sites (N-methyl/N-ethyl adjacent to an activating group) is 2. The molecule has 2 unspecified atom stereocenters. The Morgan fingerprint density at radius 3 is 2.21 bits per heavy atom. The van der Waals surface area contributed by atoms with Crippen LogP contribution < -0.4 is 15.5 Å². The quantitative estimate of drug-likeness (QED) is 0.427. The average molecular weight is 460 g/mol. The molecule has 2 atom stereocenters. The third-order valence-electron chi connectivity index (χ3n) is 5.95. The van der Waals surface area contributed by atoms with Crippen LogP contribution >= 0.6 is 0 Å². The van der Waals surface area contributed by atoms with Gasteiger partial charge in [-0.15, -0.1) is 0 Å². The highest BCUT2D eigenvalue weighted by atomic mass is 16.5. The summed E-state index contributed by atoms with van der Waals surface area (Å²) in [6.07, 6.45) is 4.70. The summed E-state index contributed by atoms with van der Waals surface area (Å²) >= 11 is 0. The standard InChI is InChI=1S/C21H32N2O2.C6H13NO/c1-15(2)19(20(24)22-17-11-13-25-14-12-17)23(6)18-9-7-16(8-10-18)21(3,4)5;1-3-4-6(5-8)7-2/h7-10,17,19H,1,11-14H2,2-6H3,(H,22,24);5-7H,3-4H2,1-2H3. The Morgan fingerprint density at radius 1 is 1.24 bits per heavy atom. The SMILES string of the molecule is C=C(C)C(C(=O)NC1CCOCC1)N(C)c1ccc(C(C)(C)C)cc1.CCCC(C=O)NC. The minimum Gasteiger partial charge on any atom is -0.381 e. The van der Waals surface area contributed by atoms with Gasteiger partial charge in [-0.25, -0.2) is 0 Å². The van der Waals surface area contributed by atoms with E-state index in [9.17, 15) is 9.59 Å². The zero-order valence-electron chi connectivity index (χ0n) is 21.7. The average Bonchev–Trinajstić information content (AvgIpc) is 2.78. The first-order valence-corrected chi connectivity index (χ1v) is 12.0. The lowest BCUT2D eigenvalue weighted by Crippen LogP contribution is -2.50. The first-order chi connectivity index (χ1) is 15.5. The van der Waals surface area contributed by atoms with E-state index in [1.807, 2.05) is 18.9 Å². The molecule has 1 heterocycles. The van der Waals surface area contributed by atoms with Crippen molar-refractivity contribution in [1.82, 2.24) is 10.6 Å². The number of amides is 1. The number of ether oxygens (including phenoxy) is 1. The van der Waals surface area contributed by atoms with Gasteiger partial charge in [0.2, 0.25) is 5.91 Å². The fraction of sp³-hybridized carbons (Fsp3) is 0.630. The topological polar surface area (TPSA) is 70.7 Å². The highest BCUT2D eigenvalue weighted by Crippen LogP contribution is 2.26. The number of anilines is 1. The Balaban J connectivity index is 0.000000582. The fourth-order valence-corrected chi connectivity index (χ4v) is 3.79. The van der Waals surface area contributed by atoms with Crippen LogP contribution in [0.3, 0.4) is 0 Å². The third-order valence-corrected chi connectivity index (χ3v) is 5.95. The molecule has 0 aromatic heterocycles. The van der Waals surface area contributed by atoms with Gasteiger partial charge in [0.1, 0.15) is 12.3 Å². The summed E-state index contributed by atoms with van der Waals surface area (Å²) < 4.78 is 5.37. The summed E-state index contributed by atoms with van der Waals surface area (Å²) in [5.74, 6) is 0.0156. The van der Waals surface area contributed by atoms with E-state index in [4.69, 9.17) is 4.74 Å². The molecule has 1 amide bonds. The van der Waals surface area contributed by atoms with Crippen molar-refractivity contribution in [2.45, 2.75) is 83.8 Å². The maximum Gasteiger partial charge on any atom is 0.247 e. The third kappa shape index (κ3) is 9.68. The van der Waals surface area contributed by atoms with Crippen molar-refractivity contribution in [2.75, 3.05) is 32.2 Å². The largest absolute Gasteiger partial charge is 0.381 e. The molecular weight excluding hydrogens is 414 g/mol. The van der Waals surface area contributed by atoms with Gasteiger partial charge in [-0.3, -0.25) is 4.79 Å². The smallest absolute Gasteiger partial charge is 0.247 e. The van der Waals surface area contributed by atoms with E-state index in [1.165, 1.54) is 5.56 Å². The normalized spacial score (nSPS) is 16.1. The Morgan fingerprint density at radius 2 is 1.82 bits per heavy atom. The number of carbonyl (C=O) groups excluding carboxylic acids is 2. The predicted molar refractivity (Wildman–Crippen MR) is 138 cm³/mol. The van der Waals surface area contributed by atoms with Crippen molar-refractivity contribution in [2.24, 2.45) is 0 Å². The lowest BCUT2D eigenvalue weighted by Gasteiger charge is -2.32. The van der Waals surface area contributed by atoms with Crippen molar-refractivity contribution in [1.29, 1.82) is 0 Å². The second-order valence-corrected chi connectivity index (χ2v) is 9.87. The molecular formula is C27H45N3O3. The molecule has 1 fully saturated rings. The van der Waals surface area contributed by atoms with Gasteiger partial charge in [-0.1, -0.05) is 52.8 Å². The van der Waals surface area contributed by atoms with Crippen LogP contribution in [-0.2, 0) is 19.7 Å². The van der Waals surface area contributed by atoms with Crippen LogP contribution in [0.2, 0.25) is 0 Å². The Labute approximate surface area is 201 Å². The van der Waals surface area contributed by atoms with Crippen molar-refractivity contribution < 1.29 is 14.3 Å². The molecule has 33 heavy (non-hydrogen) atoms. The minimum absolute atomic E-state index is 0.0156. The molecule has 1 aromatic rings. The number of rotatable bonds is 9. The maximum absolute atomic E-state index is 12.8. The van der Waals surface area contributed by atoms with Gasteiger partial charge in [0.25, 0.3) is 0 Å². The lowest BCUT2D eigenvalue weighted by atomic mass is 9.87. The van der Waals surface area contributed by atoms with Crippen molar-refractivity contribution >= 4 is 17.9 Å². The Bertz CT molecular complexity index is 734. The molecule has 0 aliphatic carbocycles. The molecule has 1 aliphatic heterocycles. The Kier molecular flexibility index (Phi) is 12.4. The summed E-state index contributed by atoms with van der Waals surface area (Å²) in [5, 5.41) is 6.05. The number of hydrogen-bond donors (Lipinski definition) is 2. The van der Waals surface area contributed by atoms with Crippen molar-refractivity contribution in [3.63, 3.8) is 0 Å². The van der Waals surface area contributed by atoms with Crippen LogP contribution in [0.5, 0.6) is 0 Å². The van der Waals surface area contributed by atoms with Crippen LogP contribution in [0.4, 0.5) is 5.69 Å². The number of nitrogens with one attached hydrogen (secondary N) is 2. The minimum atomic E-state index is -0.372. The second-order valence-electron chi connectivity index (χ2n) is 9.87. The van der Waals surface area contributed by atoms with Gasteiger partial charge in [0.15, 0.2) is 0 Å². The molecule has 0 bridgehead atoms. The van der Waals surface area contributed by atoms with Crippen LogP contribution in [0, 0.1) is 0 Å². The zero-order valence-corrected chi connectivity index (χ0v) is 21.7. The van der Waals surface area contributed by atoms with Gasteiger partial charge < -0.3 is 25.1 Å². The highest BCUT2D eigenvalue weighted by Gasteiger charge is 2.27. The molecule has 1 aromatic carbocycles. The molecule has 6 nitrogen and oxygen atoms in total. The zero-order chi connectivity index (χ0) is 25.0. The van der Waals surface area contributed by atoms with Crippen LogP contribution in [-0.4, -0.2) is 57.6 Å². The van der Waals surface area contributed by atoms with E-state index >= 15 is 0 Å². The molecule has 2 N–H and O–H groups in total. The van der Waals surface area contributed by atoms with E-state index in [2.05, 4.69) is 69.2 Å². The molecule has 0 saturated carbocycles. The molecule has 0 spiro atoms. The van der Waals surface area contributed by atoms with E-state index in [-0.39, 0.29) is 29.4 Å². The predicted octanol–water partition coefficient (Wildman–Crippen LogP) is 4.23. The van der Waals surface area contributed by atoms with Gasteiger partial charge in [-0.2, -0.15) is 0 Å². The number of nitrogens with zero attached hydrogens (tertiary/aromatic N) is 1. The summed E-state index contributed by atoms with van der Waals surface area (Å²) in [6, 6.07) is 8.33. The number of benzene rings is 1. The van der Waals surface area contributed by atoms with Crippen LogP contribution in [0.25, 0.3) is 0 Å². The highest BCUT2D eigenvalue weighted by molar-refractivity contribution is 5.88. The second kappa shape index (κ2) is 14.2. The number of hydrogen-bond acceptors (Lipinski definition) is 5. The fourth-order valence-electron chi connectivity index (χ4n) is 3.79. The number of carbonyl (C=O) groups is 2. The monoisotopic (exact) mass is 459 g/mol. The van der Waals surface area contributed by atoms with Crippen molar-refractivity contribution in [3.8, 4) is 0 Å². The molecule has 6 heteroatoms. The Hall–Kier alpha value is -2.18. The van der Waals surface area contributed by atoms with Gasteiger partial charge in [0, 0.05) is 32.0 Å². The van der Waals surface area contributed by atoms with Gasteiger partial charge in [-0.05, 0) is 61.9 Å². The van der Waals surface area contributed by atoms with Gasteiger partial charge in [0.05, 0.1) is 6.04 Å². The van der Waals surface area contributed by atoms with E-state index < -0.39 is 0 Å². The molecule has 186 valence electrons. The lowest BCUT2D eigenvalue weighted by molar-refractivity contribution is -0.122. The summed E-state index contributed by atoms with van der Waals surface area (Å²) in [4.78, 5) is 24.9. The maximum atomic E-state index is 12.8. The first kappa shape index (κ1) is 28.9. The molecule has 1 saturated heterocycles.